The summed E-state index contributed by atoms with van der Waals surface area (Å²) in [6, 6.07) is 5.93. The molecule has 6 nitrogen and oxygen atoms in total. The highest BCUT2D eigenvalue weighted by atomic mass is 16.5. The van der Waals surface area contributed by atoms with Gasteiger partial charge in [-0.1, -0.05) is 6.07 Å². The van der Waals surface area contributed by atoms with Gasteiger partial charge in [0.05, 0.1) is 12.3 Å². The lowest BCUT2D eigenvalue weighted by Gasteiger charge is -2.32. The van der Waals surface area contributed by atoms with Gasteiger partial charge >= 0.3 is 0 Å². The summed E-state index contributed by atoms with van der Waals surface area (Å²) in [6.07, 6.45) is 5.82. The van der Waals surface area contributed by atoms with Crippen LogP contribution in [0.5, 0.6) is 0 Å². The Morgan fingerprint density at radius 2 is 2.17 bits per heavy atom. The first-order valence-electron chi connectivity index (χ1n) is 8.49. The summed E-state index contributed by atoms with van der Waals surface area (Å²) >= 11 is 0. The molecule has 128 valence electrons. The minimum atomic E-state index is 0.386. The van der Waals surface area contributed by atoms with Crippen molar-refractivity contribution in [2.45, 2.75) is 25.7 Å². The van der Waals surface area contributed by atoms with Gasteiger partial charge in [0.25, 0.3) is 0 Å². The van der Waals surface area contributed by atoms with Gasteiger partial charge in [-0.3, -0.25) is 4.98 Å². The third-order valence-corrected chi connectivity index (χ3v) is 4.37. The second-order valence-electron chi connectivity index (χ2n) is 6.21. The van der Waals surface area contributed by atoms with E-state index in [4.69, 9.17) is 4.74 Å². The highest BCUT2D eigenvalue weighted by Gasteiger charge is 2.25. The fourth-order valence-electron chi connectivity index (χ4n) is 3.18. The van der Waals surface area contributed by atoms with Crippen LogP contribution in [-0.2, 0) is 4.74 Å². The van der Waals surface area contributed by atoms with Gasteiger partial charge in [-0.15, -0.1) is 0 Å². The van der Waals surface area contributed by atoms with E-state index in [9.17, 15) is 0 Å². The van der Waals surface area contributed by atoms with Crippen molar-refractivity contribution in [1.82, 2.24) is 19.9 Å². The van der Waals surface area contributed by atoms with E-state index >= 15 is 0 Å². The SMILES string of the molecule is COCCN1CCC[C@H](c2nccnc2Nc2cccc(C)n2)C1. The molecule has 2 aromatic heterocycles. The summed E-state index contributed by atoms with van der Waals surface area (Å²) in [4.78, 5) is 16.1. The lowest BCUT2D eigenvalue weighted by Crippen LogP contribution is -2.37. The number of likely N-dealkylation sites (tertiary alicyclic amines) is 1. The van der Waals surface area contributed by atoms with Gasteiger partial charge in [0.15, 0.2) is 5.82 Å². The number of rotatable bonds is 6. The first-order valence-corrected chi connectivity index (χ1v) is 8.49. The van der Waals surface area contributed by atoms with E-state index in [1.54, 1.807) is 19.5 Å². The van der Waals surface area contributed by atoms with E-state index < -0.39 is 0 Å². The zero-order chi connectivity index (χ0) is 16.8. The number of piperidine rings is 1. The molecule has 24 heavy (non-hydrogen) atoms. The number of aromatic nitrogens is 3. The molecule has 1 aliphatic rings. The fraction of sp³-hybridized carbons (Fsp3) is 0.500. The molecule has 3 rings (SSSR count). The predicted octanol–water partition coefficient (Wildman–Crippen LogP) is 2.75. The van der Waals surface area contributed by atoms with E-state index in [2.05, 4.69) is 25.2 Å². The maximum Gasteiger partial charge on any atom is 0.153 e. The third-order valence-electron chi connectivity index (χ3n) is 4.37. The molecule has 1 saturated heterocycles. The van der Waals surface area contributed by atoms with Gasteiger partial charge < -0.3 is 15.0 Å². The standard InChI is InChI=1S/C18H25N5O/c1-14-5-3-7-16(21-14)22-18-17(19-8-9-20-18)15-6-4-10-23(13-15)11-12-24-2/h3,5,7-9,15H,4,6,10-13H2,1-2H3,(H,20,21,22)/t15-/m0/s1. The topological polar surface area (TPSA) is 63.2 Å². The third kappa shape index (κ3) is 4.27. The molecular formula is C18H25N5O. The molecule has 0 bridgehead atoms. The second kappa shape index (κ2) is 8.17. The zero-order valence-electron chi connectivity index (χ0n) is 14.4. The van der Waals surface area contributed by atoms with Crippen molar-refractivity contribution >= 4 is 11.6 Å². The Morgan fingerprint density at radius 3 is 3.00 bits per heavy atom. The number of hydrogen-bond donors (Lipinski definition) is 1. The van der Waals surface area contributed by atoms with Crippen LogP contribution in [0.15, 0.2) is 30.6 Å². The summed E-state index contributed by atoms with van der Waals surface area (Å²) in [7, 11) is 1.75. The normalized spacial score (nSPS) is 18.5. The summed E-state index contributed by atoms with van der Waals surface area (Å²) in [5, 5.41) is 3.34. The van der Waals surface area contributed by atoms with Crippen LogP contribution >= 0.6 is 0 Å². The quantitative estimate of drug-likeness (QED) is 0.880. The lowest BCUT2D eigenvalue weighted by atomic mass is 9.94. The van der Waals surface area contributed by atoms with Crippen LogP contribution in [-0.4, -0.2) is 53.2 Å². The van der Waals surface area contributed by atoms with Gasteiger partial charge in [0.2, 0.25) is 0 Å². The number of nitrogens with one attached hydrogen (secondary N) is 1. The molecule has 0 aliphatic carbocycles. The van der Waals surface area contributed by atoms with Crippen LogP contribution in [0.3, 0.4) is 0 Å². The molecule has 0 radical (unpaired) electrons. The van der Waals surface area contributed by atoms with Crippen molar-refractivity contribution in [2.24, 2.45) is 0 Å². The molecule has 6 heteroatoms. The molecular weight excluding hydrogens is 302 g/mol. The van der Waals surface area contributed by atoms with Gasteiger partial charge in [0.1, 0.15) is 5.82 Å². The van der Waals surface area contributed by atoms with Crippen LogP contribution in [0.2, 0.25) is 0 Å². The molecule has 1 N–H and O–H groups in total. The van der Waals surface area contributed by atoms with E-state index in [-0.39, 0.29) is 0 Å². The Balaban J connectivity index is 1.76. The molecule has 0 spiro atoms. The minimum Gasteiger partial charge on any atom is -0.383 e. The first-order chi connectivity index (χ1) is 11.8. The Labute approximate surface area is 143 Å². The van der Waals surface area contributed by atoms with Crippen LogP contribution in [0.1, 0.15) is 30.1 Å². The number of anilines is 2. The average Bonchev–Trinajstić information content (AvgIpc) is 2.61. The summed E-state index contributed by atoms with van der Waals surface area (Å²) in [5.41, 5.74) is 2.01. The molecule has 0 unspecified atom stereocenters. The van der Waals surface area contributed by atoms with Crippen molar-refractivity contribution in [2.75, 3.05) is 38.7 Å². The van der Waals surface area contributed by atoms with E-state index in [1.165, 1.54) is 6.42 Å². The fourth-order valence-corrected chi connectivity index (χ4v) is 3.18. The maximum absolute atomic E-state index is 5.21. The van der Waals surface area contributed by atoms with Crippen LogP contribution < -0.4 is 5.32 Å². The largest absolute Gasteiger partial charge is 0.383 e. The van der Waals surface area contributed by atoms with Crippen LogP contribution in [0.25, 0.3) is 0 Å². The maximum atomic E-state index is 5.21. The molecule has 0 aromatic carbocycles. The zero-order valence-corrected chi connectivity index (χ0v) is 14.4. The second-order valence-corrected chi connectivity index (χ2v) is 6.21. The van der Waals surface area contributed by atoms with Gasteiger partial charge in [-0.05, 0) is 38.4 Å². The van der Waals surface area contributed by atoms with E-state index in [1.807, 2.05) is 25.1 Å². The van der Waals surface area contributed by atoms with Crippen molar-refractivity contribution in [3.8, 4) is 0 Å². The number of ether oxygens (including phenoxy) is 1. The molecule has 1 fully saturated rings. The van der Waals surface area contributed by atoms with Gasteiger partial charge in [-0.2, -0.15) is 0 Å². The lowest BCUT2D eigenvalue weighted by molar-refractivity contribution is 0.127. The molecule has 3 heterocycles. The molecule has 2 aromatic rings. The van der Waals surface area contributed by atoms with Crippen molar-refractivity contribution in [1.29, 1.82) is 0 Å². The van der Waals surface area contributed by atoms with E-state index in [0.717, 1.165) is 55.7 Å². The highest BCUT2D eigenvalue weighted by Crippen LogP contribution is 2.30. The summed E-state index contributed by atoms with van der Waals surface area (Å²) in [5.74, 6) is 2.01. The number of aryl methyl sites for hydroxylation is 1. The van der Waals surface area contributed by atoms with Gasteiger partial charge in [0, 0.05) is 44.2 Å². The molecule has 1 aliphatic heterocycles. The van der Waals surface area contributed by atoms with E-state index in [0.29, 0.717) is 5.92 Å². The predicted molar refractivity (Wildman–Crippen MR) is 94.6 cm³/mol. The Morgan fingerprint density at radius 1 is 1.29 bits per heavy atom. The molecule has 0 saturated carbocycles. The average molecular weight is 327 g/mol. The number of pyridine rings is 1. The smallest absolute Gasteiger partial charge is 0.153 e. The highest BCUT2D eigenvalue weighted by molar-refractivity contribution is 5.54. The van der Waals surface area contributed by atoms with Crippen LogP contribution in [0, 0.1) is 6.92 Å². The van der Waals surface area contributed by atoms with Gasteiger partial charge in [-0.25, -0.2) is 9.97 Å². The van der Waals surface area contributed by atoms with Crippen molar-refractivity contribution in [3.05, 3.63) is 42.0 Å². The van der Waals surface area contributed by atoms with Crippen molar-refractivity contribution in [3.63, 3.8) is 0 Å². The number of methoxy groups -OCH3 is 1. The minimum absolute atomic E-state index is 0.386. The molecule has 0 amide bonds. The monoisotopic (exact) mass is 327 g/mol. The van der Waals surface area contributed by atoms with Crippen molar-refractivity contribution < 1.29 is 4.74 Å². The molecule has 1 atom stereocenters. The van der Waals surface area contributed by atoms with Crippen LogP contribution in [0.4, 0.5) is 11.6 Å². The number of nitrogens with zero attached hydrogens (tertiary/aromatic N) is 4. The Bertz CT molecular complexity index is 663. The Kier molecular flexibility index (Phi) is 5.72. The summed E-state index contributed by atoms with van der Waals surface area (Å²) < 4.78 is 5.21. The number of hydrogen-bond acceptors (Lipinski definition) is 6. The first kappa shape index (κ1) is 16.8. The summed E-state index contributed by atoms with van der Waals surface area (Å²) in [6.45, 7) is 5.85. The Hall–Kier alpha value is -2.05.